The third-order valence-corrected chi connectivity index (χ3v) is 4.38. The highest BCUT2D eigenvalue weighted by molar-refractivity contribution is 6.03. The lowest BCUT2D eigenvalue weighted by atomic mass is 9.89. The molecule has 0 radical (unpaired) electrons. The Morgan fingerprint density at radius 1 is 1.26 bits per heavy atom. The van der Waals surface area contributed by atoms with Crippen LogP contribution in [0.5, 0.6) is 0 Å². The molecule has 0 unspecified atom stereocenters. The van der Waals surface area contributed by atoms with Gasteiger partial charge in [-0.3, -0.25) is 4.79 Å². The Labute approximate surface area is 136 Å². The number of carbonyl (C=O) groups is 1. The van der Waals surface area contributed by atoms with Gasteiger partial charge in [0.05, 0.1) is 0 Å². The van der Waals surface area contributed by atoms with Gasteiger partial charge in [-0.15, -0.1) is 0 Å². The second-order valence-electron chi connectivity index (χ2n) is 6.36. The van der Waals surface area contributed by atoms with E-state index in [-0.39, 0.29) is 11.8 Å². The summed E-state index contributed by atoms with van der Waals surface area (Å²) in [6.07, 6.45) is 1.33. The molecular weight excluding hydrogens is 289 g/mol. The van der Waals surface area contributed by atoms with Crippen molar-refractivity contribution in [3.63, 3.8) is 0 Å². The van der Waals surface area contributed by atoms with E-state index in [1.165, 1.54) is 6.08 Å². The summed E-state index contributed by atoms with van der Waals surface area (Å²) in [7, 11) is 0. The van der Waals surface area contributed by atoms with E-state index in [9.17, 15) is 9.18 Å². The van der Waals surface area contributed by atoms with Gasteiger partial charge in [-0.25, -0.2) is 4.39 Å². The van der Waals surface area contributed by atoms with Crippen LogP contribution in [-0.4, -0.2) is 12.5 Å². The Bertz CT molecular complexity index is 760. The molecule has 0 fully saturated rings. The van der Waals surface area contributed by atoms with Crippen LogP contribution in [0.2, 0.25) is 0 Å². The molecule has 0 N–H and O–H groups in total. The third-order valence-electron chi connectivity index (χ3n) is 4.38. The number of rotatable bonds is 3. The summed E-state index contributed by atoms with van der Waals surface area (Å²) in [4.78, 5) is 13.9. The Balaban J connectivity index is 2.05. The fourth-order valence-corrected chi connectivity index (χ4v) is 3.14. The standard InChI is InChI=1S/C20H20FNO/c1-4-19(23)22-13-17(16-10-5-6-11-18(16)22)14-8-7-9-15(12-14)20(2,3)21/h4-12,17H,1,13H2,2-3H3/t17-/m0/s1. The number of hydrogen-bond donors (Lipinski definition) is 0. The first-order valence-corrected chi connectivity index (χ1v) is 7.74. The van der Waals surface area contributed by atoms with E-state index in [0.29, 0.717) is 12.1 Å². The minimum atomic E-state index is -1.38. The van der Waals surface area contributed by atoms with Gasteiger partial charge in [-0.05, 0) is 42.7 Å². The Morgan fingerprint density at radius 3 is 2.70 bits per heavy atom. The quantitative estimate of drug-likeness (QED) is 0.761. The molecule has 0 saturated carbocycles. The zero-order chi connectivity index (χ0) is 16.6. The molecule has 1 atom stereocenters. The third kappa shape index (κ3) is 2.79. The zero-order valence-corrected chi connectivity index (χ0v) is 13.4. The molecule has 1 heterocycles. The van der Waals surface area contributed by atoms with Gasteiger partial charge in [0, 0.05) is 18.2 Å². The minimum absolute atomic E-state index is 0.0531. The van der Waals surface area contributed by atoms with Crippen LogP contribution in [0.15, 0.2) is 61.2 Å². The highest BCUT2D eigenvalue weighted by atomic mass is 19.1. The van der Waals surface area contributed by atoms with Crippen molar-refractivity contribution in [3.05, 3.63) is 77.9 Å². The molecule has 1 aliphatic heterocycles. The minimum Gasteiger partial charge on any atom is -0.308 e. The van der Waals surface area contributed by atoms with Gasteiger partial charge in [-0.1, -0.05) is 49.0 Å². The zero-order valence-electron chi connectivity index (χ0n) is 13.4. The van der Waals surface area contributed by atoms with E-state index in [2.05, 4.69) is 6.58 Å². The molecule has 118 valence electrons. The molecule has 2 aromatic rings. The first kappa shape index (κ1) is 15.5. The summed E-state index contributed by atoms with van der Waals surface area (Å²) in [5, 5.41) is 0. The summed E-state index contributed by atoms with van der Waals surface area (Å²) in [6.45, 7) is 7.25. The van der Waals surface area contributed by atoms with Crippen LogP contribution in [0.1, 0.15) is 36.5 Å². The van der Waals surface area contributed by atoms with Gasteiger partial charge in [0.2, 0.25) is 5.91 Å². The molecule has 0 bridgehead atoms. The lowest BCUT2D eigenvalue weighted by Gasteiger charge is -2.19. The van der Waals surface area contributed by atoms with Crippen molar-refractivity contribution in [1.29, 1.82) is 0 Å². The fourth-order valence-electron chi connectivity index (χ4n) is 3.14. The molecule has 1 aliphatic rings. The number of fused-ring (bicyclic) bond motifs is 1. The summed E-state index contributed by atoms with van der Waals surface area (Å²) < 4.78 is 14.3. The highest BCUT2D eigenvalue weighted by Gasteiger charge is 2.32. The number of anilines is 1. The van der Waals surface area contributed by atoms with E-state index in [1.54, 1.807) is 24.8 Å². The number of benzene rings is 2. The molecule has 3 rings (SSSR count). The number of para-hydroxylation sites is 1. The van der Waals surface area contributed by atoms with Gasteiger partial charge in [0.25, 0.3) is 0 Å². The molecule has 0 aromatic heterocycles. The average Bonchev–Trinajstić information content (AvgIpc) is 2.93. The van der Waals surface area contributed by atoms with Crippen molar-refractivity contribution in [2.45, 2.75) is 25.4 Å². The van der Waals surface area contributed by atoms with Gasteiger partial charge in [0.1, 0.15) is 5.67 Å². The topological polar surface area (TPSA) is 20.3 Å². The first-order valence-electron chi connectivity index (χ1n) is 7.74. The lowest BCUT2D eigenvalue weighted by molar-refractivity contribution is -0.114. The van der Waals surface area contributed by atoms with Crippen LogP contribution in [-0.2, 0) is 10.5 Å². The molecule has 0 saturated heterocycles. The predicted octanol–water partition coefficient (Wildman–Crippen LogP) is 4.56. The van der Waals surface area contributed by atoms with Gasteiger partial charge in [-0.2, -0.15) is 0 Å². The number of alkyl halides is 1. The predicted molar refractivity (Wildman–Crippen MR) is 91.4 cm³/mol. The maximum atomic E-state index is 14.3. The number of hydrogen-bond acceptors (Lipinski definition) is 1. The lowest BCUT2D eigenvalue weighted by Crippen LogP contribution is -2.28. The van der Waals surface area contributed by atoms with Gasteiger partial charge < -0.3 is 4.90 Å². The summed E-state index contributed by atoms with van der Waals surface area (Å²) in [6, 6.07) is 15.5. The summed E-state index contributed by atoms with van der Waals surface area (Å²) >= 11 is 0. The van der Waals surface area contributed by atoms with Crippen LogP contribution in [0.4, 0.5) is 10.1 Å². The Kier molecular flexibility index (Phi) is 3.80. The Hall–Kier alpha value is -2.42. The largest absolute Gasteiger partial charge is 0.308 e. The summed E-state index contributed by atoms with van der Waals surface area (Å²) in [5.74, 6) is -0.0562. The van der Waals surface area contributed by atoms with Crippen molar-refractivity contribution < 1.29 is 9.18 Å². The van der Waals surface area contributed by atoms with Gasteiger partial charge in [0.15, 0.2) is 0 Å². The van der Waals surface area contributed by atoms with Crippen LogP contribution < -0.4 is 4.90 Å². The smallest absolute Gasteiger partial charge is 0.250 e. The molecule has 0 aliphatic carbocycles. The second kappa shape index (κ2) is 5.65. The second-order valence-corrected chi connectivity index (χ2v) is 6.36. The monoisotopic (exact) mass is 309 g/mol. The fraction of sp³-hybridized carbons (Fsp3) is 0.250. The average molecular weight is 309 g/mol. The van der Waals surface area contributed by atoms with E-state index < -0.39 is 5.67 Å². The highest BCUT2D eigenvalue weighted by Crippen LogP contribution is 2.41. The number of nitrogens with zero attached hydrogens (tertiary/aromatic N) is 1. The van der Waals surface area contributed by atoms with Crippen molar-refractivity contribution in [2.24, 2.45) is 0 Å². The van der Waals surface area contributed by atoms with Crippen molar-refractivity contribution in [1.82, 2.24) is 0 Å². The molecule has 2 aromatic carbocycles. The Morgan fingerprint density at radius 2 is 2.00 bits per heavy atom. The van der Waals surface area contributed by atoms with Crippen LogP contribution in [0, 0.1) is 0 Å². The first-order chi connectivity index (χ1) is 10.9. The van der Waals surface area contributed by atoms with Crippen molar-refractivity contribution in [2.75, 3.05) is 11.4 Å². The maximum Gasteiger partial charge on any atom is 0.250 e. The van der Waals surface area contributed by atoms with Gasteiger partial charge >= 0.3 is 0 Å². The molecule has 0 spiro atoms. The van der Waals surface area contributed by atoms with Crippen molar-refractivity contribution in [3.8, 4) is 0 Å². The van der Waals surface area contributed by atoms with E-state index >= 15 is 0 Å². The number of carbonyl (C=O) groups excluding carboxylic acids is 1. The molecule has 23 heavy (non-hydrogen) atoms. The van der Waals surface area contributed by atoms with E-state index in [1.807, 2.05) is 42.5 Å². The van der Waals surface area contributed by atoms with Crippen LogP contribution in [0.25, 0.3) is 0 Å². The van der Waals surface area contributed by atoms with E-state index in [0.717, 1.165) is 16.8 Å². The summed E-state index contributed by atoms with van der Waals surface area (Å²) in [5.41, 5.74) is 2.30. The molecular formula is C20H20FNO. The van der Waals surface area contributed by atoms with Crippen LogP contribution >= 0.6 is 0 Å². The van der Waals surface area contributed by atoms with Crippen LogP contribution in [0.3, 0.4) is 0 Å². The molecule has 1 amide bonds. The number of halogens is 1. The van der Waals surface area contributed by atoms with Crippen molar-refractivity contribution >= 4 is 11.6 Å². The molecule has 2 nitrogen and oxygen atoms in total. The molecule has 3 heteroatoms. The van der Waals surface area contributed by atoms with E-state index in [4.69, 9.17) is 0 Å². The SMILES string of the molecule is C=CC(=O)N1C[C@@H](c2cccc(C(C)(C)F)c2)c2ccccc21. The normalized spacial score (nSPS) is 17.0. The number of amides is 1. The maximum absolute atomic E-state index is 14.3.